The number of nitrogens with zero attached hydrogens (tertiary/aromatic N) is 2. The first-order chi connectivity index (χ1) is 31.4. The van der Waals surface area contributed by atoms with Gasteiger partial charge in [0, 0.05) is 16.4 Å². The Morgan fingerprint density at radius 1 is 0.585 bits per heavy atom. The van der Waals surface area contributed by atoms with Crippen molar-refractivity contribution in [2.75, 3.05) is 0 Å². The van der Waals surface area contributed by atoms with Crippen LogP contribution in [0.25, 0.3) is 50.2 Å². The Bertz CT molecular complexity index is 3260. The van der Waals surface area contributed by atoms with Crippen LogP contribution in [-0.2, 0) is 21.7 Å². The highest BCUT2D eigenvalue weighted by molar-refractivity contribution is 6.90. The molecule has 6 aromatic carbocycles. The van der Waals surface area contributed by atoms with Crippen molar-refractivity contribution in [3.63, 3.8) is 0 Å². The topological polar surface area (TPSA) is 26.9 Å². The molecule has 3 heterocycles. The number of hydrogen-bond acceptors (Lipinski definition) is 1. The Labute approximate surface area is 385 Å². The molecule has 322 valence electrons. The number of hydrogen-bond donors (Lipinski definition) is 0. The predicted molar refractivity (Wildman–Crippen MR) is 269 cm³/mol. The van der Waals surface area contributed by atoms with Gasteiger partial charge in [-0.3, -0.25) is 14.1 Å². The largest absolute Gasteiger partial charge is 0.354 e. The third-order valence-electron chi connectivity index (χ3n) is 18.2. The molecule has 65 heavy (non-hydrogen) atoms. The molecule has 2 fully saturated rings. The van der Waals surface area contributed by atoms with Gasteiger partial charge in [-0.25, -0.2) is 0 Å². The van der Waals surface area contributed by atoms with Gasteiger partial charge in [-0.05, 0) is 156 Å². The van der Waals surface area contributed by atoms with E-state index in [1.54, 1.807) is 0 Å². The fraction of sp³-hybridized carbons (Fsp3) is 0.361. The summed E-state index contributed by atoms with van der Waals surface area (Å²) in [6, 6.07) is 43.0. The first-order valence-electron chi connectivity index (χ1n) is 25.1. The average molecular weight is 847 g/mol. The Kier molecular flexibility index (Phi) is 7.51. The monoisotopic (exact) mass is 846 g/mol. The Morgan fingerprint density at radius 2 is 1.18 bits per heavy atom. The van der Waals surface area contributed by atoms with Crippen LogP contribution in [0, 0.1) is 0 Å². The second-order valence-corrected chi connectivity index (χ2v) is 23.1. The van der Waals surface area contributed by atoms with Crippen LogP contribution in [0.5, 0.6) is 0 Å². The van der Waals surface area contributed by atoms with Crippen LogP contribution in [0.4, 0.5) is 0 Å². The molecule has 2 saturated carbocycles. The van der Waals surface area contributed by atoms with E-state index < -0.39 is 5.41 Å². The molecule has 2 aliphatic heterocycles. The van der Waals surface area contributed by atoms with Crippen molar-refractivity contribution in [1.82, 2.24) is 9.27 Å². The zero-order valence-electron chi connectivity index (χ0n) is 39.3. The smallest absolute Gasteiger partial charge is 0.281 e. The summed E-state index contributed by atoms with van der Waals surface area (Å²) in [5, 5.41) is 0. The van der Waals surface area contributed by atoms with Gasteiger partial charge in [-0.1, -0.05) is 171 Å². The Hall–Kier alpha value is -5.61. The first-order valence-corrected chi connectivity index (χ1v) is 25.1. The van der Waals surface area contributed by atoms with E-state index >= 15 is 4.79 Å². The zero-order chi connectivity index (χ0) is 44.1. The van der Waals surface area contributed by atoms with Gasteiger partial charge in [0.25, 0.3) is 5.56 Å². The summed E-state index contributed by atoms with van der Waals surface area (Å²) in [5.41, 5.74) is 26.7. The van der Waals surface area contributed by atoms with Gasteiger partial charge in [0.15, 0.2) is 0 Å². The first kappa shape index (κ1) is 38.6. The lowest BCUT2D eigenvalue weighted by atomic mass is 9.54. The second kappa shape index (κ2) is 12.6. The molecule has 0 N–H and O–H groups in total. The van der Waals surface area contributed by atoms with E-state index in [-0.39, 0.29) is 23.1 Å². The van der Waals surface area contributed by atoms with Gasteiger partial charge in [0.2, 0.25) is 0 Å². The molecule has 0 bridgehead atoms. The summed E-state index contributed by atoms with van der Waals surface area (Å²) >= 11 is 0. The maximum Gasteiger partial charge on any atom is 0.354 e. The molecule has 1 aromatic heterocycles. The Morgan fingerprint density at radius 3 is 1.82 bits per heavy atom. The molecule has 0 atom stereocenters. The highest BCUT2D eigenvalue weighted by Crippen LogP contribution is 2.66. The summed E-state index contributed by atoms with van der Waals surface area (Å²) in [5.74, 6) is 0.711. The fourth-order valence-electron chi connectivity index (χ4n) is 15.7. The minimum absolute atomic E-state index is 0.00383. The number of fused-ring (bicyclic) bond motifs is 21. The lowest BCUT2D eigenvalue weighted by Gasteiger charge is -2.34. The fourth-order valence-corrected chi connectivity index (χ4v) is 15.7. The molecule has 3 nitrogen and oxygen atoms in total. The minimum atomic E-state index is -0.526. The van der Waals surface area contributed by atoms with Crippen molar-refractivity contribution in [1.29, 1.82) is 0 Å². The quantitative estimate of drug-likeness (QED) is 0.163. The molecule has 3 spiro atoms. The van der Waals surface area contributed by atoms with Crippen molar-refractivity contribution in [3.8, 4) is 50.2 Å². The van der Waals surface area contributed by atoms with Gasteiger partial charge in [0.1, 0.15) is 0 Å². The van der Waals surface area contributed by atoms with Crippen LogP contribution < -0.4 is 16.5 Å². The van der Waals surface area contributed by atoms with Gasteiger partial charge in [-0.2, -0.15) is 0 Å². The van der Waals surface area contributed by atoms with Crippen molar-refractivity contribution in [2.45, 2.75) is 140 Å². The zero-order valence-corrected chi connectivity index (χ0v) is 39.3. The summed E-state index contributed by atoms with van der Waals surface area (Å²) in [6.07, 6.45) is 10.9. The summed E-state index contributed by atoms with van der Waals surface area (Å²) in [4.78, 5) is 16.0. The normalized spacial score (nSPS) is 18.8. The van der Waals surface area contributed by atoms with Gasteiger partial charge >= 0.3 is 6.85 Å². The van der Waals surface area contributed by atoms with Crippen molar-refractivity contribution in [2.24, 2.45) is 0 Å². The maximum absolute atomic E-state index is 16.0. The molecule has 14 rings (SSSR count). The van der Waals surface area contributed by atoms with Crippen LogP contribution in [0.3, 0.4) is 0 Å². The van der Waals surface area contributed by atoms with Crippen molar-refractivity contribution < 1.29 is 0 Å². The average Bonchev–Trinajstić information content (AvgIpc) is 4.19. The molecular weight excluding hydrogens is 787 g/mol. The maximum atomic E-state index is 16.0. The minimum Gasteiger partial charge on any atom is -0.281 e. The predicted octanol–water partition coefficient (Wildman–Crippen LogP) is 13.2. The van der Waals surface area contributed by atoms with Crippen molar-refractivity contribution >= 4 is 17.8 Å². The standard InChI is InChI=1S/C61H59BN2O/c1-35(2)39-19-16-20-40(36(3)4)51(39)37-31-45-52-49(62-55(45)50(32-37)63-56-54(57(65)64(62)63)59(27-12-13-28-59)34-60(56)29-14-15-30-60)26-25-44-43-24-23-38(58(5,6)7)33-48(43)61(53(44)52)46-21-10-8-17-41(46)42-18-9-11-22-47(42)61/h8-11,16-26,31-33,35-36H,12-15,27-30,34H2,1-7H3. The van der Waals surface area contributed by atoms with Gasteiger partial charge in [-0.15, -0.1) is 0 Å². The molecule has 4 heteroatoms. The summed E-state index contributed by atoms with van der Waals surface area (Å²) in [6.45, 7) is 16.3. The molecule has 7 aliphatic rings. The van der Waals surface area contributed by atoms with Crippen LogP contribution in [0.2, 0.25) is 0 Å². The molecular formula is C61H59BN2O. The van der Waals surface area contributed by atoms with E-state index in [0.717, 1.165) is 12.8 Å². The SMILES string of the molecule is CC(C)c1cccc(C(C)C)c1-c1cc2c3c(c1)-n1c4c(c(=O)n1B3c1ccc3c(c1-2)C1(c2ccccc2-c2ccccc21)c1cc(C(C)(C)C)ccc1-3)C1(CCCC1)CC41CCCC1. The lowest BCUT2D eigenvalue weighted by Crippen LogP contribution is -2.48. The highest BCUT2D eigenvalue weighted by atomic mass is 16.1. The summed E-state index contributed by atoms with van der Waals surface area (Å²) in [7, 11) is 0. The molecule has 0 amide bonds. The Balaban J connectivity index is 1.15. The number of aromatic nitrogens is 2. The summed E-state index contributed by atoms with van der Waals surface area (Å²) < 4.78 is 4.90. The molecule has 0 saturated heterocycles. The second-order valence-electron chi connectivity index (χ2n) is 23.1. The van der Waals surface area contributed by atoms with Crippen LogP contribution in [-0.4, -0.2) is 16.1 Å². The molecule has 7 aromatic rings. The van der Waals surface area contributed by atoms with Crippen LogP contribution >= 0.6 is 0 Å². The van der Waals surface area contributed by atoms with E-state index in [4.69, 9.17) is 0 Å². The van der Waals surface area contributed by atoms with Gasteiger partial charge in [0.05, 0.1) is 16.8 Å². The van der Waals surface area contributed by atoms with Crippen molar-refractivity contribution in [3.05, 3.63) is 170 Å². The van der Waals surface area contributed by atoms with Crippen LogP contribution in [0.15, 0.2) is 114 Å². The van der Waals surface area contributed by atoms with E-state index in [0.29, 0.717) is 17.4 Å². The third-order valence-corrected chi connectivity index (χ3v) is 18.2. The van der Waals surface area contributed by atoms with E-state index in [1.807, 2.05) is 0 Å². The van der Waals surface area contributed by atoms with E-state index in [1.165, 1.54) is 156 Å². The highest BCUT2D eigenvalue weighted by Gasteiger charge is 2.62. The lowest BCUT2D eigenvalue weighted by molar-refractivity contribution is 0.311. The number of benzene rings is 6. The molecule has 0 unspecified atom stereocenters. The van der Waals surface area contributed by atoms with E-state index in [2.05, 4.69) is 167 Å². The van der Waals surface area contributed by atoms with Gasteiger partial charge < -0.3 is 0 Å². The third kappa shape index (κ3) is 4.53. The molecule has 0 radical (unpaired) electrons. The van der Waals surface area contributed by atoms with Crippen LogP contribution in [0.1, 0.15) is 168 Å². The van der Waals surface area contributed by atoms with E-state index in [9.17, 15) is 0 Å². The molecule has 5 aliphatic carbocycles. The number of rotatable bonds is 3.